The lowest BCUT2D eigenvalue weighted by atomic mass is 10.3. The van der Waals surface area contributed by atoms with E-state index in [0.29, 0.717) is 5.95 Å². The second kappa shape index (κ2) is 5.07. The van der Waals surface area contributed by atoms with Gasteiger partial charge in [0.25, 0.3) is 0 Å². The van der Waals surface area contributed by atoms with E-state index in [1.165, 1.54) is 0 Å². The molecule has 0 radical (unpaired) electrons. The van der Waals surface area contributed by atoms with Crippen LogP contribution in [0.1, 0.15) is 12.6 Å². The molecule has 0 unspecified atom stereocenters. The normalized spacial score (nSPS) is 11.2. The van der Waals surface area contributed by atoms with Crippen molar-refractivity contribution < 1.29 is 4.74 Å². The molecule has 0 fully saturated rings. The summed E-state index contributed by atoms with van der Waals surface area (Å²) in [5.74, 6) is 1.19. The number of rotatable bonds is 3. The lowest BCUT2D eigenvalue weighted by Gasteiger charge is -2.09. The van der Waals surface area contributed by atoms with Gasteiger partial charge >= 0.3 is 0 Å². The van der Waals surface area contributed by atoms with Crippen LogP contribution in [-0.4, -0.2) is 26.4 Å². The van der Waals surface area contributed by atoms with Crippen LogP contribution in [-0.2, 0) is 13.5 Å². The van der Waals surface area contributed by atoms with E-state index in [0.717, 1.165) is 39.2 Å². The minimum Gasteiger partial charge on any atom is -0.497 e. The molecule has 0 spiro atoms. The Hall–Kier alpha value is -2.02. The molecule has 2 heterocycles. The minimum atomic E-state index is 0.438. The molecule has 3 aromatic rings. The molecular weight excluding hydrogens is 334 g/mol. The van der Waals surface area contributed by atoms with Crippen LogP contribution in [0.15, 0.2) is 22.7 Å². The van der Waals surface area contributed by atoms with Gasteiger partial charge in [0.1, 0.15) is 11.3 Å². The fourth-order valence-electron chi connectivity index (χ4n) is 2.48. The Bertz CT molecular complexity index is 820. The van der Waals surface area contributed by atoms with Gasteiger partial charge in [-0.25, -0.2) is 9.67 Å². The lowest BCUT2D eigenvalue weighted by molar-refractivity contribution is 0.414. The number of aryl methyl sites for hydroxylation is 2. The SMILES string of the molecule is CCc1nn(C)c2c1nc(N)n2-c1cc(Br)cc(OC)c1. The first-order valence-electron chi connectivity index (χ1n) is 6.60. The molecule has 0 aliphatic rings. The molecule has 0 amide bonds. The van der Waals surface area contributed by atoms with Crippen LogP contribution in [0.5, 0.6) is 5.75 Å². The van der Waals surface area contributed by atoms with E-state index in [2.05, 4.69) is 32.9 Å². The molecular formula is C14H16BrN5O. The highest BCUT2D eigenvalue weighted by molar-refractivity contribution is 9.10. The molecule has 0 aliphatic heterocycles. The standard InChI is InChI=1S/C14H16BrN5O/c1-4-11-12-13(19(2)18-11)20(14(16)17-12)9-5-8(15)6-10(7-9)21-3/h5-7H,4H2,1-3H3,(H2,16,17). The molecule has 1 aromatic carbocycles. The Balaban J connectivity index is 2.32. The summed E-state index contributed by atoms with van der Waals surface area (Å²) in [6, 6.07) is 5.79. The van der Waals surface area contributed by atoms with Crippen LogP contribution in [0.4, 0.5) is 5.95 Å². The van der Waals surface area contributed by atoms with Crippen molar-refractivity contribution in [1.29, 1.82) is 0 Å². The average molecular weight is 350 g/mol. The highest BCUT2D eigenvalue weighted by atomic mass is 79.9. The van der Waals surface area contributed by atoms with Crippen LogP contribution in [0.2, 0.25) is 0 Å². The summed E-state index contributed by atoms with van der Waals surface area (Å²) in [4.78, 5) is 4.47. The summed E-state index contributed by atoms with van der Waals surface area (Å²) in [5.41, 5.74) is 9.67. The Labute approximate surface area is 130 Å². The molecule has 6 nitrogen and oxygen atoms in total. The molecule has 7 heteroatoms. The molecule has 2 N–H and O–H groups in total. The number of hydrogen-bond donors (Lipinski definition) is 1. The maximum Gasteiger partial charge on any atom is 0.207 e. The second-order valence-electron chi connectivity index (χ2n) is 4.75. The third-order valence-corrected chi connectivity index (χ3v) is 3.87. The van der Waals surface area contributed by atoms with E-state index in [1.807, 2.05) is 34.5 Å². The number of hydrogen-bond acceptors (Lipinski definition) is 4. The number of aromatic nitrogens is 4. The van der Waals surface area contributed by atoms with Crippen LogP contribution < -0.4 is 10.5 Å². The molecule has 0 saturated heterocycles. The highest BCUT2D eigenvalue weighted by Gasteiger charge is 2.18. The number of nitrogens with zero attached hydrogens (tertiary/aromatic N) is 4. The van der Waals surface area contributed by atoms with Gasteiger partial charge in [0.05, 0.1) is 18.5 Å². The van der Waals surface area contributed by atoms with Gasteiger partial charge in [-0.3, -0.25) is 4.57 Å². The van der Waals surface area contributed by atoms with Gasteiger partial charge in [-0.05, 0) is 18.6 Å². The third kappa shape index (κ3) is 2.17. The van der Waals surface area contributed by atoms with Gasteiger partial charge in [-0.15, -0.1) is 0 Å². The van der Waals surface area contributed by atoms with Crippen LogP contribution in [0.25, 0.3) is 16.9 Å². The topological polar surface area (TPSA) is 70.9 Å². The quantitative estimate of drug-likeness (QED) is 0.788. The fourth-order valence-corrected chi connectivity index (χ4v) is 2.94. The average Bonchev–Trinajstić information content (AvgIpc) is 2.94. The summed E-state index contributed by atoms with van der Waals surface area (Å²) in [5, 5.41) is 4.50. The Morgan fingerprint density at radius 3 is 2.76 bits per heavy atom. The zero-order valence-electron chi connectivity index (χ0n) is 12.1. The smallest absolute Gasteiger partial charge is 0.207 e. The number of methoxy groups -OCH3 is 1. The van der Waals surface area contributed by atoms with Gasteiger partial charge in [-0.2, -0.15) is 5.10 Å². The van der Waals surface area contributed by atoms with Crippen LogP contribution in [0, 0.1) is 0 Å². The van der Waals surface area contributed by atoms with Crippen molar-refractivity contribution in [3.63, 3.8) is 0 Å². The summed E-state index contributed by atoms with van der Waals surface area (Å²) >= 11 is 3.49. The van der Waals surface area contributed by atoms with E-state index in [-0.39, 0.29) is 0 Å². The number of anilines is 1. The van der Waals surface area contributed by atoms with Gasteiger partial charge in [0.15, 0.2) is 5.65 Å². The number of fused-ring (bicyclic) bond motifs is 1. The summed E-state index contributed by atoms with van der Waals surface area (Å²) in [6.45, 7) is 2.05. The van der Waals surface area contributed by atoms with Crippen LogP contribution in [0.3, 0.4) is 0 Å². The summed E-state index contributed by atoms with van der Waals surface area (Å²) in [6.07, 6.45) is 0.815. The molecule has 0 atom stereocenters. The van der Waals surface area contributed by atoms with E-state index in [9.17, 15) is 0 Å². The monoisotopic (exact) mass is 349 g/mol. The molecule has 0 bridgehead atoms. The van der Waals surface area contributed by atoms with E-state index < -0.39 is 0 Å². The molecule has 2 aromatic heterocycles. The number of benzene rings is 1. The van der Waals surface area contributed by atoms with E-state index in [4.69, 9.17) is 10.5 Å². The Morgan fingerprint density at radius 2 is 2.10 bits per heavy atom. The number of nitrogens with two attached hydrogens (primary N) is 1. The number of halogens is 1. The third-order valence-electron chi connectivity index (χ3n) is 3.41. The van der Waals surface area contributed by atoms with Gasteiger partial charge in [0, 0.05) is 17.6 Å². The number of nitrogen functional groups attached to an aromatic ring is 1. The van der Waals surface area contributed by atoms with Crippen molar-refractivity contribution in [2.45, 2.75) is 13.3 Å². The lowest BCUT2D eigenvalue weighted by Crippen LogP contribution is -2.05. The Morgan fingerprint density at radius 1 is 1.33 bits per heavy atom. The molecule has 0 aliphatic carbocycles. The van der Waals surface area contributed by atoms with Crippen LogP contribution >= 0.6 is 15.9 Å². The minimum absolute atomic E-state index is 0.438. The van der Waals surface area contributed by atoms with Crippen molar-refractivity contribution in [2.75, 3.05) is 12.8 Å². The molecule has 0 saturated carbocycles. The fraction of sp³-hybridized carbons (Fsp3) is 0.286. The van der Waals surface area contributed by atoms with E-state index >= 15 is 0 Å². The van der Waals surface area contributed by atoms with E-state index in [1.54, 1.807) is 7.11 Å². The summed E-state index contributed by atoms with van der Waals surface area (Å²) in [7, 11) is 3.53. The predicted molar refractivity (Wildman–Crippen MR) is 85.9 cm³/mol. The van der Waals surface area contributed by atoms with Crippen molar-refractivity contribution in [1.82, 2.24) is 19.3 Å². The zero-order chi connectivity index (χ0) is 15.1. The maximum absolute atomic E-state index is 6.12. The predicted octanol–water partition coefficient (Wildman–Crippen LogP) is 2.67. The molecule has 110 valence electrons. The van der Waals surface area contributed by atoms with Crippen molar-refractivity contribution in [2.24, 2.45) is 7.05 Å². The number of imidazole rings is 1. The van der Waals surface area contributed by atoms with Crippen molar-refractivity contribution >= 4 is 33.0 Å². The maximum atomic E-state index is 6.12. The largest absolute Gasteiger partial charge is 0.497 e. The molecule has 21 heavy (non-hydrogen) atoms. The van der Waals surface area contributed by atoms with Crippen molar-refractivity contribution in [3.8, 4) is 11.4 Å². The first-order chi connectivity index (χ1) is 10.0. The van der Waals surface area contributed by atoms with Crippen molar-refractivity contribution in [3.05, 3.63) is 28.4 Å². The second-order valence-corrected chi connectivity index (χ2v) is 5.67. The zero-order valence-corrected chi connectivity index (χ0v) is 13.7. The summed E-state index contributed by atoms with van der Waals surface area (Å²) < 4.78 is 9.92. The van der Waals surface area contributed by atoms with Gasteiger partial charge in [-0.1, -0.05) is 22.9 Å². The highest BCUT2D eigenvalue weighted by Crippen LogP contribution is 2.29. The Kier molecular flexibility index (Phi) is 3.36. The first kappa shape index (κ1) is 13.9. The molecule has 3 rings (SSSR count). The first-order valence-corrected chi connectivity index (χ1v) is 7.39. The number of ether oxygens (including phenoxy) is 1. The van der Waals surface area contributed by atoms with Gasteiger partial charge < -0.3 is 10.5 Å². The van der Waals surface area contributed by atoms with Gasteiger partial charge in [0.2, 0.25) is 5.95 Å².